The van der Waals surface area contributed by atoms with Crippen LogP contribution in [0.1, 0.15) is 17.4 Å². The molecule has 1 aliphatic heterocycles. The Morgan fingerprint density at radius 2 is 1.90 bits per heavy atom. The minimum atomic E-state index is -0.558. The summed E-state index contributed by atoms with van der Waals surface area (Å²) in [6, 6.07) is 16.2. The maximum atomic E-state index is 12.7. The molecule has 1 aliphatic rings. The molecule has 1 N–H and O–H groups in total. The van der Waals surface area contributed by atoms with Gasteiger partial charge in [0.2, 0.25) is 0 Å². The third-order valence-electron chi connectivity index (χ3n) is 5.15. The Labute approximate surface area is 187 Å². The molecule has 8 heteroatoms. The van der Waals surface area contributed by atoms with Crippen LogP contribution < -0.4 is 0 Å². The topological polar surface area (TPSA) is 67.6 Å². The molecule has 4 aromatic rings. The molecule has 3 heterocycles. The van der Waals surface area contributed by atoms with Crippen molar-refractivity contribution in [3.8, 4) is 22.7 Å². The fourth-order valence-electron chi connectivity index (χ4n) is 3.60. The Kier molecular flexibility index (Phi) is 5.23. The summed E-state index contributed by atoms with van der Waals surface area (Å²) in [6.07, 6.45) is 1.35. The van der Waals surface area contributed by atoms with Crippen LogP contribution in [0.2, 0.25) is 5.02 Å². The Morgan fingerprint density at radius 3 is 2.61 bits per heavy atom. The van der Waals surface area contributed by atoms with Gasteiger partial charge in [0.05, 0.1) is 5.69 Å². The Morgan fingerprint density at radius 1 is 1.13 bits per heavy atom. The van der Waals surface area contributed by atoms with Gasteiger partial charge in [-0.25, -0.2) is 4.68 Å². The number of phenolic OH excluding ortho intramolecular Hbond substituents is 1. The molecule has 0 unspecified atom stereocenters. The summed E-state index contributed by atoms with van der Waals surface area (Å²) in [5.74, 6) is 0.0990. The zero-order chi connectivity index (χ0) is 21.4. The maximum absolute atomic E-state index is 12.7. The van der Waals surface area contributed by atoms with Crippen molar-refractivity contribution >= 4 is 28.8 Å². The predicted octanol–water partition coefficient (Wildman–Crippen LogP) is 5.02. The normalized spacial score (nSPS) is 16.2. The highest BCUT2D eigenvalue weighted by atomic mass is 35.5. The van der Waals surface area contributed by atoms with Gasteiger partial charge < -0.3 is 14.7 Å². The van der Waals surface area contributed by atoms with Gasteiger partial charge in [-0.05, 0) is 53.4 Å². The van der Waals surface area contributed by atoms with E-state index in [0.29, 0.717) is 11.6 Å². The zero-order valence-electron chi connectivity index (χ0n) is 16.3. The lowest BCUT2D eigenvalue weighted by Gasteiger charge is -2.23. The van der Waals surface area contributed by atoms with E-state index in [0.717, 1.165) is 28.1 Å². The van der Waals surface area contributed by atoms with E-state index in [9.17, 15) is 9.90 Å². The third-order valence-corrected chi connectivity index (χ3v) is 6.09. The maximum Gasteiger partial charge on any atom is 0.251 e. The number of benzene rings is 2. The highest BCUT2D eigenvalue weighted by Gasteiger charge is 2.36. The van der Waals surface area contributed by atoms with Gasteiger partial charge in [-0.3, -0.25) is 4.79 Å². The van der Waals surface area contributed by atoms with E-state index < -0.39 is 6.23 Å². The molecule has 31 heavy (non-hydrogen) atoms. The van der Waals surface area contributed by atoms with E-state index in [4.69, 9.17) is 21.4 Å². The lowest BCUT2D eigenvalue weighted by atomic mass is 10.1. The number of hydrogen-bond donors (Lipinski definition) is 1. The molecular weight excluding hydrogens is 434 g/mol. The lowest BCUT2D eigenvalue weighted by Crippen LogP contribution is -2.28. The predicted molar refractivity (Wildman–Crippen MR) is 119 cm³/mol. The van der Waals surface area contributed by atoms with Crippen molar-refractivity contribution in [2.75, 3.05) is 6.61 Å². The molecule has 2 aromatic carbocycles. The second-order valence-corrected chi connectivity index (χ2v) is 8.43. The molecule has 1 atom stereocenters. The van der Waals surface area contributed by atoms with Crippen molar-refractivity contribution < 1.29 is 14.6 Å². The van der Waals surface area contributed by atoms with Gasteiger partial charge >= 0.3 is 0 Å². The van der Waals surface area contributed by atoms with Crippen LogP contribution in [-0.2, 0) is 16.1 Å². The molecule has 0 aliphatic carbocycles. The van der Waals surface area contributed by atoms with Gasteiger partial charge in [-0.1, -0.05) is 23.7 Å². The first-order valence-electron chi connectivity index (χ1n) is 9.65. The molecule has 1 saturated heterocycles. The van der Waals surface area contributed by atoms with E-state index in [1.807, 2.05) is 47.3 Å². The van der Waals surface area contributed by atoms with Crippen LogP contribution in [-0.4, -0.2) is 32.3 Å². The van der Waals surface area contributed by atoms with E-state index >= 15 is 0 Å². The highest BCUT2D eigenvalue weighted by Crippen LogP contribution is 2.36. The second-order valence-electron chi connectivity index (χ2n) is 7.22. The summed E-state index contributed by atoms with van der Waals surface area (Å²) in [7, 11) is 0. The molecule has 5 rings (SSSR count). The number of ether oxygens (including phenoxy) is 1. The first-order chi connectivity index (χ1) is 15.1. The van der Waals surface area contributed by atoms with Gasteiger partial charge in [0, 0.05) is 34.3 Å². The molecule has 156 valence electrons. The van der Waals surface area contributed by atoms with Crippen molar-refractivity contribution in [2.24, 2.45) is 0 Å². The van der Waals surface area contributed by atoms with Crippen LogP contribution in [0.5, 0.6) is 5.75 Å². The molecule has 2 aromatic heterocycles. The van der Waals surface area contributed by atoms with Gasteiger partial charge in [-0.15, -0.1) is 0 Å². The largest absolute Gasteiger partial charge is 0.508 e. The van der Waals surface area contributed by atoms with E-state index in [1.165, 1.54) is 0 Å². The number of hydrogen-bond acceptors (Lipinski definition) is 5. The molecular formula is C23H18ClN3O3S. The smallest absolute Gasteiger partial charge is 0.251 e. The van der Waals surface area contributed by atoms with Crippen molar-refractivity contribution in [3.05, 3.63) is 87.7 Å². The highest BCUT2D eigenvalue weighted by molar-refractivity contribution is 7.08. The summed E-state index contributed by atoms with van der Waals surface area (Å²) in [4.78, 5) is 14.4. The lowest BCUT2D eigenvalue weighted by molar-refractivity contribution is -0.128. The Hall–Kier alpha value is -3.13. The van der Waals surface area contributed by atoms with Gasteiger partial charge in [0.25, 0.3) is 5.91 Å². The summed E-state index contributed by atoms with van der Waals surface area (Å²) in [5.41, 5.74) is 4.33. The van der Waals surface area contributed by atoms with Crippen molar-refractivity contribution in [3.63, 3.8) is 0 Å². The van der Waals surface area contributed by atoms with Crippen LogP contribution in [0, 0.1) is 0 Å². The summed E-state index contributed by atoms with van der Waals surface area (Å²) in [6.45, 7) is 0.386. The average molecular weight is 452 g/mol. The van der Waals surface area contributed by atoms with Crippen molar-refractivity contribution in [1.82, 2.24) is 14.7 Å². The number of carbonyl (C=O) groups excluding carboxylic acids is 1. The van der Waals surface area contributed by atoms with E-state index in [2.05, 4.69) is 0 Å². The number of nitrogens with zero attached hydrogens (tertiary/aromatic N) is 3. The first-order valence-corrected chi connectivity index (χ1v) is 11.0. The summed E-state index contributed by atoms with van der Waals surface area (Å²) >= 11 is 7.62. The van der Waals surface area contributed by atoms with E-state index in [1.54, 1.807) is 45.2 Å². The molecule has 0 spiro atoms. The van der Waals surface area contributed by atoms with E-state index in [-0.39, 0.29) is 18.3 Å². The third kappa shape index (κ3) is 3.95. The summed E-state index contributed by atoms with van der Waals surface area (Å²) < 4.78 is 7.70. The number of phenols is 1. The van der Waals surface area contributed by atoms with Crippen LogP contribution in [0.25, 0.3) is 16.9 Å². The van der Waals surface area contributed by atoms with Crippen LogP contribution in [0.4, 0.5) is 0 Å². The number of halogens is 1. The minimum Gasteiger partial charge on any atom is -0.508 e. The zero-order valence-corrected chi connectivity index (χ0v) is 17.9. The van der Waals surface area contributed by atoms with Gasteiger partial charge in [0.15, 0.2) is 6.23 Å². The molecule has 6 nitrogen and oxygen atoms in total. The molecule has 0 saturated carbocycles. The fraction of sp³-hybridized carbons (Fsp3) is 0.130. The van der Waals surface area contributed by atoms with Crippen LogP contribution in [0.15, 0.2) is 71.6 Å². The first kappa shape index (κ1) is 19.8. The molecule has 1 amide bonds. The van der Waals surface area contributed by atoms with Crippen molar-refractivity contribution in [2.45, 2.75) is 12.8 Å². The fourth-order valence-corrected chi connectivity index (χ4v) is 4.36. The minimum absolute atomic E-state index is 0.0119. The Balaban J connectivity index is 1.54. The van der Waals surface area contributed by atoms with Gasteiger partial charge in [-0.2, -0.15) is 16.4 Å². The molecule has 1 fully saturated rings. The van der Waals surface area contributed by atoms with Crippen LogP contribution >= 0.6 is 22.9 Å². The number of aromatic nitrogens is 2. The average Bonchev–Trinajstić information content (AvgIpc) is 3.51. The number of amides is 1. The van der Waals surface area contributed by atoms with Gasteiger partial charge in [0.1, 0.15) is 18.1 Å². The standard InChI is InChI=1S/C23H18ClN3O3S/c24-17-3-5-18(6-4-17)27-12-20(22(25-27)16-9-10-31-14-16)23-26(21(29)13-30-23)11-15-1-7-19(28)8-2-15/h1-10,12,14,23,28H,11,13H2/t23-/m1/s1. The van der Waals surface area contributed by atoms with Crippen LogP contribution in [0.3, 0.4) is 0 Å². The second kappa shape index (κ2) is 8.19. The number of thiophene rings is 1. The number of carbonyl (C=O) groups is 1. The molecule has 0 bridgehead atoms. The molecule has 0 radical (unpaired) electrons. The quantitative estimate of drug-likeness (QED) is 0.462. The summed E-state index contributed by atoms with van der Waals surface area (Å²) in [5, 5.41) is 19.0. The monoisotopic (exact) mass is 451 g/mol. The number of aromatic hydroxyl groups is 1. The van der Waals surface area contributed by atoms with Crippen molar-refractivity contribution in [1.29, 1.82) is 0 Å². The SMILES string of the molecule is O=C1CO[C@H](c2cn(-c3ccc(Cl)cc3)nc2-c2ccsc2)N1Cc1ccc(O)cc1. The Bertz CT molecular complexity index is 1200. The number of rotatable bonds is 5.